The molecule has 0 saturated heterocycles. The molecule has 0 fully saturated rings. The quantitative estimate of drug-likeness (QED) is 0.630. The third kappa shape index (κ3) is 2.66. The van der Waals surface area contributed by atoms with Gasteiger partial charge < -0.3 is 5.11 Å². The van der Waals surface area contributed by atoms with E-state index in [4.69, 9.17) is 0 Å². The lowest BCUT2D eigenvalue weighted by molar-refractivity contribution is 0.0166. The van der Waals surface area contributed by atoms with Crippen molar-refractivity contribution in [3.63, 3.8) is 0 Å². The van der Waals surface area contributed by atoms with Crippen LogP contribution in [-0.4, -0.2) is 24.4 Å². The lowest BCUT2D eigenvalue weighted by Gasteiger charge is -2.44. The van der Waals surface area contributed by atoms with Crippen molar-refractivity contribution in [3.05, 3.63) is 63.2 Å². The van der Waals surface area contributed by atoms with E-state index in [2.05, 4.69) is 22.6 Å². The maximum atomic E-state index is 13.4. The molecule has 2 atom stereocenters. The zero-order valence-electron chi connectivity index (χ0n) is 14.8. The summed E-state index contributed by atoms with van der Waals surface area (Å²) in [5, 5.41) is 11.3. The van der Waals surface area contributed by atoms with E-state index in [0.717, 1.165) is 9.13 Å². The Morgan fingerprint density at radius 1 is 0.960 bits per heavy atom. The summed E-state index contributed by atoms with van der Waals surface area (Å²) in [7, 11) is -3.61. The molecule has 0 aromatic heterocycles. The monoisotopic (exact) mass is 470 g/mol. The van der Waals surface area contributed by atoms with Gasteiger partial charge in [0.1, 0.15) is 0 Å². The molecule has 1 aliphatic rings. The first kappa shape index (κ1) is 18.9. The fraction of sp³-hybridized carbons (Fsp3) is 0.400. The molecule has 2 aromatic carbocycles. The van der Waals surface area contributed by atoms with Crippen LogP contribution in [0.5, 0.6) is 0 Å². The van der Waals surface area contributed by atoms with Gasteiger partial charge in [-0.25, -0.2) is 8.42 Å². The molecule has 1 unspecified atom stereocenters. The number of aliphatic hydroxyl groups is 1. The van der Waals surface area contributed by atoms with Gasteiger partial charge in [0.05, 0.1) is 15.7 Å². The van der Waals surface area contributed by atoms with Gasteiger partial charge in [-0.3, -0.25) is 0 Å². The highest BCUT2D eigenvalue weighted by Crippen LogP contribution is 2.52. The SMILES string of the molecule is CC1(C)C(O)[C@@H](c2ccc(I)cc2)c2ccccc2S(=O)(=O)C1(C)C. The van der Waals surface area contributed by atoms with E-state index < -0.39 is 26.1 Å². The molecule has 1 aliphatic heterocycles. The summed E-state index contributed by atoms with van der Waals surface area (Å²) in [6.07, 6.45) is -0.832. The van der Waals surface area contributed by atoms with E-state index in [1.54, 1.807) is 26.0 Å². The molecule has 0 saturated carbocycles. The smallest absolute Gasteiger partial charge is 0.184 e. The first-order chi connectivity index (χ1) is 11.5. The minimum atomic E-state index is -3.61. The first-order valence-electron chi connectivity index (χ1n) is 8.29. The molecule has 134 valence electrons. The van der Waals surface area contributed by atoms with E-state index >= 15 is 0 Å². The summed E-state index contributed by atoms with van der Waals surface area (Å²) < 4.78 is 26.8. The highest BCUT2D eigenvalue weighted by atomic mass is 127. The maximum Gasteiger partial charge on any atom is 0.184 e. The van der Waals surface area contributed by atoms with Gasteiger partial charge in [0.25, 0.3) is 0 Å². The molecular formula is C20H23IO3S. The Balaban J connectivity index is 2.37. The minimum Gasteiger partial charge on any atom is -0.392 e. The number of aliphatic hydroxyl groups excluding tert-OH is 1. The summed E-state index contributed by atoms with van der Waals surface area (Å²) in [5.74, 6) is -0.389. The van der Waals surface area contributed by atoms with Crippen molar-refractivity contribution < 1.29 is 13.5 Å². The molecule has 0 aliphatic carbocycles. The number of halogens is 1. The number of fused-ring (bicyclic) bond motifs is 1. The van der Waals surface area contributed by atoms with Crippen LogP contribution < -0.4 is 0 Å². The third-order valence-corrected chi connectivity index (χ3v) is 9.59. The molecule has 5 heteroatoms. The number of rotatable bonds is 1. The Morgan fingerprint density at radius 2 is 1.52 bits per heavy atom. The van der Waals surface area contributed by atoms with E-state index in [1.165, 1.54) is 0 Å². The fourth-order valence-electron chi connectivity index (χ4n) is 3.58. The predicted molar refractivity (Wildman–Crippen MR) is 108 cm³/mol. The topological polar surface area (TPSA) is 54.4 Å². The Morgan fingerprint density at radius 3 is 2.12 bits per heavy atom. The fourth-order valence-corrected chi connectivity index (χ4v) is 6.06. The second-order valence-corrected chi connectivity index (χ2v) is 11.5. The molecule has 3 nitrogen and oxygen atoms in total. The summed E-state index contributed by atoms with van der Waals surface area (Å²) >= 11 is 2.24. The van der Waals surface area contributed by atoms with Crippen molar-refractivity contribution in [1.82, 2.24) is 0 Å². The molecular weight excluding hydrogens is 447 g/mol. The maximum absolute atomic E-state index is 13.4. The van der Waals surface area contributed by atoms with Gasteiger partial charge in [-0.15, -0.1) is 0 Å². The van der Waals surface area contributed by atoms with Crippen LogP contribution in [0.3, 0.4) is 0 Å². The van der Waals surface area contributed by atoms with Crippen molar-refractivity contribution in [1.29, 1.82) is 0 Å². The third-order valence-electron chi connectivity index (χ3n) is 6.05. The van der Waals surface area contributed by atoms with Gasteiger partial charge in [-0.05, 0) is 65.8 Å². The van der Waals surface area contributed by atoms with Crippen molar-refractivity contribution in [2.24, 2.45) is 5.41 Å². The van der Waals surface area contributed by atoms with Crippen LogP contribution in [0.2, 0.25) is 0 Å². The number of hydrogen-bond donors (Lipinski definition) is 1. The van der Waals surface area contributed by atoms with Gasteiger partial charge in [0.15, 0.2) is 9.84 Å². The van der Waals surface area contributed by atoms with Gasteiger partial charge in [0.2, 0.25) is 0 Å². The first-order valence-corrected chi connectivity index (χ1v) is 10.8. The second-order valence-electron chi connectivity index (χ2n) is 7.75. The highest BCUT2D eigenvalue weighted by Gasteiger charge is 2.57. The van der Waals surface area contributed by atoms with Crippen molar-refractivity contribution in [2.45, 2.75) is 49.4 Å². The molecule has 2 aromatic rings. The van der Waals surface area contributed by atoms with Gasteiger partial charge in [-0.1, -0.05) is 44.2 Å². The number of hydrogen-bond acceptors (Lipinski definition) is 3. The van der Waals surface area contributed by atoms with Crippen LogP contribution in [0.15, 0.2) is 53.4 Å². The number of benzene rings is 2. The molecule has 0 radical (unpaired) electrons. The molecule has 0 bridgehead atoms. The minimum absolute atomic E-state index is 0.327. The van der Waals surface area contributed by atoms with Crippen LogP contribution in [0.25, 0.3) is 0 Å². The van der Waals surface area contributed by atoms with E-state index in [0.29, 0.717) is 10.5 Å². The Bertz CT molecular complexity index is 899. The van der Waals surface area contributed by atoms with Crippen LogP contribution in [0.4, 0.5) is 0 Å². The molecule has 0 amide bonds. The number of sulfone groups is 1. The van der Waals surface area contributed by atoms with Crippen molar-refractivity contribution in [3.8, 4) is 0 Å². The van der Waals surface area contributed by atoms with Crippen LogP contribution in [-0.2, 0) is 9.84 Å². The molecule has 25 heavy (non-hydrogen) atoms. The zero-order chi connectivity index (χ0) is 18.6. The zero-order valence-corrected chi connectivity index (χ0v) is 17.8. The lowest BCUT2D eigenvalue weighted by Crippen LogP contribution is -2.52. The Kier molecular flexibility index (Phi) is 4.57. The Labute approximate surface area is 163 Å². The van der Waals surface area contributed by atoms with E-state index in [-0.39, 0.29) is 5.92 Å². The summed E-state index contributed by atoms with van der Waals surface area (Å²) in [4.78, 5) is 0.327. The van der Waals surface area contributed by atoms with Crippen molar-refractivity contribution in [2.75, 3.05) is 0 Å². The second kappa shape index (κ2) is 6.06. The van der Waals surface area contributed by atoms with Crippen molar-refractivity contribution >= 4 is 32.4 Å². The van der Waals surface area contributed by atoms with Gasteiger partial charge in [-0.2, -0.15) is 0 Å². The van der Waals surface area contributed by atoms with Crippen LogP contribution in [0.1, 0.15) is 44.7 Å². The molecule has 0 spiro atoms. The summed E-state index contributed by atoms with van der Waals surface area (Å²) in [6, 6.07) is 15.0. The normalized spacial score (nSPS) is 26.5. The van der Waals surface area contributed by atoms with Gasteiger partial charge in [0, 0.05) is 14.9 Å². The molecule has 1 N–H and O–H groups in total. The standard InChI is InChI=1S/C20H23IO3S/c1-19(2)18(22)17(13-9-11-14(21)12-10-13)15-7-5-6-8-16(15)25(23,24)20(19,3)4/h5-12,17-18,22H,1-4H3/t17-,18?/m0/s1. The van der Waals surface area contributed by atoms with Crippen LogP contribution >= 0.6 is 22.6 Å². The largest absolute Gasteiger partial charge is 0.392 e. The average Bonchev–Trinajstić information content (AvgIpc) is 2.59. The molecule has 3 rings (SSSR count). The lowest BCUT2D eigenvalue weighted by atomic mass is 9.68. The highest BCUT2D eigenvalue weighted by molar-refractivity contribution is 14.1. The summed E-state index contributed by atoms with van der Waals surface area (Å²) in [5.41, 5.74) is 0.773. The predicted octanol–water partition coefficient (Wildman–Crippen LogP) is 4.38. The van der Waals surface area contributed by atoms with Crippen LogP contribution in [0, 0.1) is 8.99 Å². The van der Waals surface area contributed by atoms with E-state index in [1.807, 2.05) is 50.2 Å². The summed E-state index contributed by atoms with van der Waals surface area (Å²) in [6.45, 7) is 7.14. The van der Waals surface area contributed by atoms with Gasteiger partial charge >= 0.3 is 0 Å². The van der Waals surface area contributed by atoms with E-state index in [9.17, 15) is 13.5 Å². The average molecular weight is 470 g/mol. The molecule has 1 heterocycles. The Hall–Kier alpha value is -0.920.